The molecule has 0 bridgehead atoms. The Labute approximate surface area is 108 Å². The van der Waals surface area contributed by atoms with Crippen LogP contribution in [0.25, 0.3) is 11.1 Å². The van der Waals surface area contributed by atoms with E-state index in [1.54, 1.807) is 12.1 Å². The third kappa shape index (κ3) is 2.71. The Bertz CT molecular complexity index is 538. The van der Waals surface area contributed by atoms with Gasteiger partial charge in [0.05, 0.1) is 0 Å². The van der Waals surface area contributed by atoms with Gasteiger partial charge in [-0.1, -0.05) is 18.2 Å². The van der Waals surface area contributed by atoms with Crippen molar-refractivity contribution >= 4 is 18.1 Å². The summed E-state index contributed by atoms with van der Waals surface area (Å²) < 4.78 is 0. The summed E-state index contributed by atoms with van der Waals surface area (Å²) in [4.78, 5) is 0. The first kappa shape index (κ1) is 13.4. The maximum Gasteiger partial charge on any atom is 0.125 e. The van der Waals surface area contributed by atoms with Crippen LogP contribution in [0.15, 0.2) is 36.4 Å². The zero-order valence-corrected chi connectivity index (χ0v) is 10.7. The van der Waals surface area contributed by atoms with E-state index in [2.05, 4.69) is 26.0 Å². The van der Waals surface area contributed by atoms with E-state index in [0.29, 0.717) is 5.69 Å². The second-order valence-electron chi connectivity index (χ2n) is 4.08. The second-order valence-corrected chi connectivity index (χ2v) is 4.08. The summed E-state index contributed by atoms with van der Waals surface area (Å²) in [6.07, 6.45) is 0. The fraction of sp³-hybridized carbons (Fsp3) is 0.143. The highest BCUT2D eigenvalue weighted by Gasteiger charge is 2.05. The standard InChI is InChI=1S/C14H15NO.ClH/c1-9-3-4-11(7-10(9)2)13-6-5-12(15)8-14(13)16;/h3-8,16H,15H2,1-2H3;1H. The number of aryl methyl sites for hydroxylation is 2. The Kier molecular flexibility index (Phi) is 4.02. The van der Waals surface area contributed by atoms with Crippen LogP contribution in [0.1, 0.15) is 11.1 Å². The maximum absolute atomic E-state index is 9.82. The molecule has 0 heterocycles. The number of aromatic hydroxyl groups is 1. The third-order valence-electron chi connectivity index (χ3n) is 2.84. The quantitative estimate of drug-likeness (QED) is 0.758. The zero-order chi connectivity index (χ0) is 11.7. The van der Waals surface area contributed by atoms with Gasteiger partial charge in [-0.2, -0.15) is 0 Å². The summed E-state index contributed by atoms with van der Waals surface area (Å²) in [6.45, 7) is 4.13. The molecule has 0 spiro atoms. The van der Waals surface area contributed by atoms with E-state index in [9.17, 15) is 5.11 Å². The predicted molar refractivity (Wildman–Crippen MR) is 74.7 cm³/mol. The lowest BCUT2D eigenvalue weighted by Crippen LogP contribution is -1.87. The van der Waals surface area contributed by atoms with Crippen molar-refractivity contribution in [2.45, 2.75) is 13.8 Å². The van der Waals surface area contributed by atoms with Crippen molar-refractivity contribution in [3.05, 3.63) is 47.5 Å². The third-order valence-corrected chi connectivity index (χ3v) is 2.84. The number of nitrogen functional groups attached to an aromatic ring is 1. The number of benzene rings is 2. The Morgan fingerprint density at radius 2 is 1.65 bits per heavy atom. The second kappa shape index (κ2) is 5.11. The van der Waals surface area contributed by atoms with Crippen molar-refractivity contribution in [1.29, 1.82) is 0 Å². The number of phenolic OH excluding ortho intramolecular Hbond substituents is 1. The van der Waals surface area contributed by atoms with E-state index in [1.807, 2.05) is 12.1 Å². The predicted octanol–water partition coefficient (Wildman–Crippen LogP) is 3.68. The van der Waals surface area contributed by atoms with Crippen molar-refractivity contribution in [2.24, 2.45) is 0 Å². The van der Waals surface area contributed by atoms with Crippen molar-refractivity contribution in [1.82, 2.24) is 0 Å². The van der Waals surface area contributed by atoms with Gasteiger partial charge in [0.1, 0.15) is 5.75 Å². The van der Waals surface area contributed by atoms with E-state index >= 15 is 0 Å². The highest BCUT2D eigenvalue weighted by molar-refractivity contribution is 5.85. The molecular weight excluding hydrogens is 234 g/mol. The van der Waals surface area contributed by atoms with E-state index in [4.69, 9.17) is 5.73 Å². The number of nitrogens with two attached hydrogens (primary N) is 1. The fourth-order valence-electron chi connectivity index (χ4n) is 1.70. The van der Waals surface area contributed by atoms with Gasteiger partial charge in [0.2, 0.25) is 0 Å². The summed E-state index contributed by atoms with van der Waals surface area (Å²) in [5.41, 5.74) is 10.5. The Morgan fingerprint density at radius 3 is 2.24 bits per heavy atom. The number of hydrogen-bond acceptors (Lipinski definition) is 2. The SMILES string of the molecule is Cc1ccc(-c2ccc(N)cc2O)cc1C.Cl. The largest absolute Gasteiger partial charge is 0.507 e. The van der Waals surface area contributed by atoms with E-state index < -0.39 is 0 Å². The number of anilines is 1. The van der Waals surface area contributed by atoms with Crippen LogP contribution in [-0.4, -0.2) is 5.11 Å². The molecule has 3 N–H and O–H groups in total. The molecule has 0 saturated heterocycles. The van der Waals surface area contributed by atoms with Gasteiger partial charge in [-0.25, -0.2) is 0 Å². The lowest BCUT2D eigenvalue weighted by Gasteiger charge is -2.08. The van der Waals surface area contributed by atoms with Crippen LogP contribution in [0.2, 0.25) is 0 Å². The molecule has 3 heteroatoms. The molecule has 0 saturated carbocycles. The molecule has 2 rings (SSSR count). The molecule has 2 aromatic carbocycles. The van der Waals surface area contributed by atoms with E-state index in [-0.39, 0.29) is 18.2 Å². The highest BCUT2D eigenvalue weighted by Crippen LogP contribution is 2.31. The molecule has 0 unspecified atom stereocenters. The summed E-state index contributed by atoms with van der Waals surface area (Å²) in [5, 5.41) is 9.82. The number of halogens is 1. The first-order valence-electron chi connectivity index (χ1n) is 5.24. The molecule has 0 aliphatic heterocycles. The minimum Gasteiger partial charge on any atom is -0.507 e. The Balaban J connectivity index is 0.00000144. The van der Waals surface area contributed by atoms with Gasteiger partial charge >= 0.3 is 0 Å². The van der Waals surface area contributed by atoms with Gasteiger partial charge in [0.25, 0.3) is 0 Å². The van der Waals surface area contributed by atoms with Crippen LogP contribution in [0.4, 0.5) is 5.69 Å². The highest BCUT2D eigenvalue weighted by atomic mass is 35.5. The maximum atomic E-state index is 9.82. The van der Waals surface area contributed by atoms with Gasteiger partial charge in [-0.05, 0) is 42.7 Å². The van der Waals surface area contributed by atoms with Crippen LogP contribution in [0.3, 0.4) is 0 Å². The van der Waals surface area contributed by atoms with Crippen molar-refractivity contribution in [2.75, 3.05) is 5.73 Å². The van der Waals surface area contributed by atoms with Crippen LogP contribution >= 0.6 is 12.4 Å². The van der Waals surface area contributed by atoms with E-state index in [0.717, 1.165) is 11.1 Å². The first-order chi connectivity index (χ1) is 7.58. The van der Waals surface area contributed by atoms with E-state index in [1.165, 1.54) is 11.1 Å². The average Bonchev–Trinajstić information content (AvgIpc) is 2.22. The Hall–Kier alpha value is -1.67. The smallest absolute Gasteiger partial charge is 0.125 e. The number of rotatable bonds is 1. The molecule has 0 atom stereocenters. The van der Waals surface area contributed by atoms with Crippen LogP contribution < -0.4 is 5.73 Å². The molecule has 0 fully saturated rings. The lowest BCUT2D eigenvalue weighted by molar-refractivity contribution is 0.477. The number of hydrogen-bond donors (Lipinski definition) is 2. The monoisotopic (exact) mass is 249 g/mol. The average molecular weight is 250 g/mol. The van der Waals surface area contributed by atoms with Gasteiger partial charge in [-0.15, -0.1) is 12.4 Å². The van der Waals surface area contributed by atoms with Gasteiger partial charge in [-0.3, -0.25) is 0 Å². The molecular formula is C14H16ClNO. The Morgan fingerprint density at radius 1 is 0.941 bits per heavy atom. The minimum atomic E-state index is 0. The summed E-state index contributed by atoms with van der Waals surface area (Å²) in [5.74, 6) is 0.225. The summed E-state index contributed by atoms with van der Waals surface area (Å²) in [7, 11) is 0. The minimum absolute atomic E-state index is 0. The molecule has 0 radical (unpaired) electrons. The molecule has 2 aromatic rings. The fourth-order valence-corrected chi connectivity index (χ4v) is 1.70. The molecule has 0 amide bonds. The van der Waals surface area contributed by atoms with Crippen molar-refractivity contribution < 1.29 is 5.11 Å². The van der Waals surface area contributed by atoms with Gasteiger partial charge in [0, 0.05) is 17.3 Å². The molecule has 17 heavy (non-hydrogen) atoms. The van der Waals surface area contributed by atoms with Crippen molar-refractivity contribution in [3.8, 4) is 16.9 Å². The molecule has 0 aromatic heterocycles. The zero-order valence-electron chi connectivity index (χ0n) is 9.90. The van der Waals surface area contributed by atoms with Crippen molar-refractivity contribution in [3.63, 3.8) is 0 Å². The van der Waals surface area contributed by atoms with Gasteiger partial charge < -0.3 is 10.8 Å². The first-order valence-corrected chi connectivity index (χ1v) is 5.24. The van der Waals surface area contributed by atoms with Crippen LogP contribution in [0, 0.1) is 13.8 Å². The number of phenols is 1. The summed E-state index contributed by atoms with van der Waals surface area (Å²) in [6, 6.07) is 11.3. The normalized spacial score (nSPS) is 9.76. The van der Waals surface area contributed by atoms with Gasteiger partial charge in [0.15, 0.2) is 0 Å². The topological polar surface area (TPSA) is 46.2 Å². The lowest BCUT2D eigenvalue weighted by atomic mass is 9.99. The molecule has 2 nitrogen and oxygen atoms in total. The van der Waals surface area contributed by atoms with Crippen LogP contribution in [0.5, 0.6) is 5.75 Å². The molecule has 90 valence electrons. The molecule has 0 aliphatic rings. The molecule has 0 aliphatic carbocycles. The van der Waals surface area contributed by atoms with Crippen LogP contribution in [-0.2, 0) is 0 Å². The summed E-state index contributed by atoms with van der Waals surface area (Å²) >= 11 is 0.